The van der Waals surface area contributed by atoms with Crippen LogP contribution in [0.1, 0.15) is 40.5 Å². The lowest BCUT2D eigenvalue weighted by molar-refractivity contribution is 0.0933. The van der Waals surface area contributed by atoms with Gasteiger partial charge in [-0.1, -0.05) is 18.2 Å². The average molecular weight is 387 g/mol. The molecule has 0 saturated heterocycles. The summed E-state index contributed by atoms with van der Waals surface area (Å²) in [5, 5.41) is 5.02. The highest BCUT2D eigenvalue weighted by atomic mass is 16.5. The van der Waals surface area contributed by atoms with E-state index in [1.54, 1.807) is 13.2 Å². The Hall–Kier alpha value is -3.54. The van der Waals surface area contributed by atoms with Gasteiger partial charge in [0.05, 0.1) is 18.7 Å². The minimum atomic E-state index is -0.282. The maximum absolute atomic E-state index is 13.1. The van der Waals surface area contributed by atoms with Gasteiger partial charge < -0.3 is 20.0 Å². The molecule has 2 aromatic heterocycles. The summed E-state index contributed by atoms with van der Waals surface area (Å²) >= 11 is 0. The highest BCUT2D eigenvalue weighted by molar-refractivity contribution is 6.06. The predicted octanol–water partition coefficient (Wildman–Crippen LogP) is 3.83. The second-order valence-electron chi connectivity index (χ2n) is 7.44. The quantitative estimate of drug-likeness (QED) is 0.499. The van der Waals surface area contributed by atoms with Crippen LogP contribution in [0.2, 0.25) is 0 Å². The Morgan fingerprint density at radius 1 is 1.07 bits per heavy atom. The lowest BCUT2D eigenvalue weighted by Gasteiger charge is -2.24. The maximum Gasteiger partial charge on any atom is 0.252 e. The van der Waals surface area contributed by atoms with Crippen molar-refractivity contribution in [3.63, 3.8) is 0 Å². The number of hydrogen-bond donors (Lipinski definition) is 3. The molecule has 2 heterocycles. The lowest BCUT2D eigenvalue weighted by atomic mass is 9.91. The van der Waals surface area contributed by atoms with Gasteiger partial charge in [-0.2, -0.15) is 0 Å². The van der Waals surface area contributed by atoms with Crippen molar-refractivity contribution in [2.45, 2.75) is 25.3 Å². The van der Waals surface area contributed by atoms with E-state index in [0.29, 0.717) is 11.1 Å². The molecule has 146 valence electrons. The molecule has 1 aliphatic rings. The standard InChI is InChI=1S/C23H21N3O3/c1-29-13-9-10-19-16(11-13)15-6-4-8-20(22(15)25-19)26-23(28)17-12-21(27)24-18-7-3-2-5-14(17)18/h2-3,5,7,9-12,20,25H,4,6,8H2,1H3,(H,24,27)(H,26,28)/t20-/m0/s1. The zero-order valence-electron chi connectivity index (χ0n) is 16.0. The van der Waals surface area contributed by atoms with Gasteiger partial charge in [0, 0.05) is 33.6 Å². The Morgan fingerprint density at radius 3 is 2.76 bits per heavy atom. The first kappa shape index (κ1) is 17.6. The molecule has 3 N–H and O–H groups in total. The van der Waals surface area contributed by atoms with Crippen molar-refractivity contribution in [2.24, 2.45) is 0 Å². The number of carbonyl (C=O) groups is 1. The van der Waals surface area contributed by atoms with Crippen LogP contribution in [0.5, 0.6) is 5.75 Å². The maximum atomic E-state index is 13.1. The number of aromatic amines is 2. The predicted molar refractivity (Wildman–Crippen MR) is 113 cm³/mol. The van der Waals surface area contributed by atoms with E-state index in [2.05, 4.69) is 15.3 Å². The molecule has 0 radical (unpaired) electrons. The normalized spacial score (nSPS) is 16.0. The zero-order valence-corrected chi connectivity index (χ0v) is 16.0. The number of aromatic nitrogens is 2. The van der Waals surface area contributed by atoms with Gasteiger partial charge in [-0.05, 0) is 49.1 Å². The number of rotatable bonds is 3. The number of para-hydroxylation sites is 1. The zero-order chi connectivity index (χ0) is 20.0. The molecule has 0 aliphatic heterocycles. The van der Waals surface area contributed by atoms with Crippen molar-refractivity contribution in [2.75, 3.05) is 7.11 Å². The van der Waals surface area contributed by atoms with Gasteiger partial charge in [0.1, 0.15) is 5.75 Å². The van der Waals surface area contributed by atoms with Crippen molar-refractivity contribution in [1.29, 1.82) is 0 Å². The fourth-order valence-corrected chi connectivity index (χ4v) is 4.34. The third-order valence-corrected chi connectivity index (χ3v) is 5.71. The highest BCUT2D eigenvalue weighted by Gasteiger charge is 2.26. The summed E-state index contributed by atoms with van der Waals surface area (Å²) in [6.07, 6.45) is 2.80. The van der Waals surface area contributed by atoms with Crippen LogP contribution in [0.15, 0.2) is 53.3 Å². The number of pyridine rings is 1. The van der Waals surface area contributed by atoms with Gasteiger partial charge in [0.15, 0.2) is 0 Å². The van der Waals surface area contributed by atoms with Crippen molar-refractivity contribution < 1.29 is 9.53 Å². The van der Waals surface area contributed by atoms with Crippen LogP contribution in [0.4, 0.5) is 0 Å². The number of H-pyrrole nitrogens is 2. The summed E-state index contributed by atoms with van der Waals surface area (Å²) in [4.78, 5) is 31.4. The SMILES string of the molecule is COc1ccc2[nH]c3c(c2c1)CCC[C@@H]3NC(=O)c1cc(=O)[nH]c2ccccc12. The Morgan fingerprint density at radius 2 is 1.90 bits per heavy atom. The number of methoxy groups -OCH3 is 1. The number of carbonyl (C=O) groups excluding carboxylic acids is 1. The third kappa shape index (κ3) is 2.97. The monoisotopic (exact) mass is 387 g/mol. The van der Waals surface area contributed by atoms with Gasteiger partial charge in [-0.25, -0.2) is 0 Å². The molecular formula is C23H21N3O3. The smallest absolute Gasteiger partial charge is 0.252 e. The molecule has 0 saturated carbocycles. The topological polar surface area (TPSA) is 87.0 Å². The molecule has 6 heteroatoms. The number of amides is 1. The van der Waals surface area contributed by atoms with E-state index in [9.17, 15) is 9.59 Å². The van der Waals surface area contributed by atoms with Crippen molar-refractivity contribution in [3.8, 4) is 5.75 Å². The molecule has 1 atom stereocenters. The number of fused-ring (bicyclic) bond motifs is 4. The van der Waals surface area contributed by atoms with Gasteiger partial charge in [0.25, 0.3) is 5.91 Å². The van der Waals surface area contributed by atoms with E-state index in [1.165, 1.54) is 11.6 Å². The molecule has 6 nitrogen and oxygen atoms in total. The number of nitrogens with one attached hydrogen (secondary N) is 3. The summed E-state index contributed by atoms with van der Waals surface area (Å²) in [5.41, 5.74) is 4.09. The van der Waals surface area contributed by atoms with E-state index < -0.39 is 0 Å². The Kier molecular flexibility index (Phi) is 4.12. The molecular weight excluding hydrogens is 366 g/mol. The third-order valence-electron chi connectivity index (χ3n) is 5.71. The van der Waals surface area contributed by atoms with E-state index in [1.807, 2.05) is 36.4 Å². The number of aryl methyl sites for hydroxylation is 1. The van der Waals surface area contributed by atoms with E-state index in [-0.39, 0.29) is 17.5 Å². The van der Waals surface area contributed by atoms with Gasteiger partial charge in [-0.15, -0.1) is 0 Å². The summed E-state index contributed by atoms with van der Waals surface area (Å²) < 4.78 is 5.37. The molecule has 0 unspecified atom stereocenters. The molecule has 5 rings (SSSR count). The molecule has 0 fully saturated rings. The Labute approximate surface area is 166 Å². The van der Waals surface area contributed by atoms with Crippen molar-refractivity contribution >= 4 is 27.7 Å². The van der Waals surface area contributed by atoms with Crippen molar-refractivity contribution in [3.05, 3.63) is 75.7 Å². The molecule has 0 bridgehead atoms. The Balaban J connectivity index is 1.53. The molecule has 0 spiro atoms. The first-order chi connectivity index (χ1) is 14.1. The molecule has 29 heavy (non-hydrogen) atoms. The number of benzene rings is 2. The van der Waals surface area contributed by atoms with E-state index in [0.717, 1.165) is 47.0 Å². The van der Waals surface area contributed by atoms with Gasteiger partial charge in [0.2, 0.25) is 5.56 Å². The summed E-state index contributed by atoms with van der Waals surface area (Å²) in [7, 11) is 1.66. The fraction of sp³-hybridized carbons (Fsp3) is 0.217. The van der Waals surface area contributed by atoms with Gasteiger partial charge in [-0.3, -0.25) is 9.59 Å². The van der Waals surface area contributed by atoms with Crippen LogP contribution in [0.3, 0.4) is 0 Å². The second kappa shape index (κ2) is 6.81. The van der Waals surface area contributed by atoms with E-state index in [4.69, 9.17) is 4.74 Å². The van der Waals surface area contributed by atoms with Crippen LogP contribution in [0.25, 0.3) is 21.8 Å². The van der Waals surface area contributed by atoms with Crippen LogP contribution >= 0.6 is 0 Å². The van der Waals surface area contributed by atoms with Crippen LogP contribution < -0.4 is 15.6 Å². The molecule has 1 amide bonds. The second-order valence-corrected chi connectivity index (χ2v) is 7.44. The van der Waals surface area contributed by atoms with E-state index >= 15 is 0 Å². The first-order valence-corrected chi connectivity index (χ1v) is 9.75. The summed E-state index contributed by atoms with van der Waals surface area (Å²) in [5.74, 6) is 0.585. The summed E-state index contributed by atoms with van der Waals surface area (Å²) in [6, 6.07) is 14.6. The highest BCUT2D eigenvalue weighted by Crippen LogP contribution is 2.36. The van der Waals surface area contributed by atoms with Gasteiger partial charge >= 0.3 is 0 Å². The van der Waals surface area contributed by atoms with Crippen LogP contribution in [-0.4, -0.2) is 23.0 Å². The number of ether oxygens (including phenoxy) is 1. The molecule has 4 aromatic rings. The minimum Gasteiger partial charge on any atom is -0.497 e. The first-order valence-electron chi connectivity index (χ1n) is 9.75. The van der Waals surface area contributed by atoms with Crippen LogP contribution in [-0.2, 0) is 6.42 Å². The number of hydrogen-bond acceptors (Lipinski definition) is 3. The van der Waals surface area contributed by atoms with Crippen LogP contribution in [0, 0.1) is 0 Å². The summed E-state index contributed by atoms with van der Waals surface area (Å²) in [6.45, 7) is 0. The minimum absolute atomic E-state index is 0.123. The fourth-order valence-electron chi connectivity index (χ4n) is 4.34. The largest absolute Gasteiger partial charge is 0.497 e. The lowest BCUT2D eigenvalue weighted by Crippen LogP contribution is -2.32. The molecule has 1 aliphatic carbocycles. The Bertz CT molecular complexity index is 1300. The van der Waals surface area contributed by atoms with Crippen molar-refractivity contribution in [1.82, 2.24) is 15.3 Å². The average Bonchev–Trinajstić information content (AvgIpc) is 3.12. The molecule has 2 aromatic carbocycles.